The third kappa shape index (κ3) is 54.7. The number of carbonyl (C=O) groups is 3. The Balaban J connectivity index is 4.14. The highest BCUT2D eigenvalue weighted by Crippen LogP contribution is 2.17. The smallest absolute Gasteiger partial charge is 0.306 e. The zero-order valence-electron chi connectivity index (χ0n) is 45.2. The largest absolute Gasteiger partial charge is 0.462 e. The molecule has 0 aromatic carbocycles. The van der Waals surface area contributed by atoms with E-state index in [1.165, 1.54) is 218 Å². The second-order valence-electron chi connectivity index (χ2n) is 20.3. The second kappa shape index (κ2) is 56.5. The summed E-state index contributed by atoms with van der Waals surface area (Å²) in [5.74, 6) is -0.862. The van der Waals surface area contributed by atoms with Gasteiger partial charge in [-0.3, -0.25) is 14.4 Å². The van der Waals surface area contributed by atoms with Crippen LogP contribution >= 0.6 is 0 Å². The van der Waals surface area contributed by atoms with Crippen LogP contribution in [-0.2, 0) is 28.6 Å². The van der Waals surface area contributed by atoms with Gasteiger partial charge in [0.05, 0.1) is 0 Å². The first kappa shape index (κ1) is 64.9. The molecule has 1 unspecified atom stereocenters. The molecule has 0 radical (unpaired) electrons. The van der Waals surface area contributed by atoms with Crippen LogP contribution in [0.5, 0.6) is 0 Å². The quantitative estimate of drug-likeness (QED) is 0.0262. The van der Waals surface area contributed by atoms with E-state index in [1.54, 1.807) is 0 Å². The Morgan fingerprint density at radius 3 is 0.851 bits per heavy atom. The topological polar surface area (TPSA) is 78.9 Å². The van der Waals surface area contributed by atoms with Crippen molar-refractivity contribution in [3.05, 3.63) is 24.3 Å². The minimum Gasteiger partial charge on any atom is -0.462 e. The summed E-state index contributed by atoms with van der Waals surface area (Å²) >= 11 is 0. The molecule has 0 aliphatic rings. The molecule has 0 saturated heterocycles. The van der Waals surface area contributed by atoms with Gasteiger partial charge in [0, 0.05) is 19.3 Å². The van der Waals surface area contributed by atoms with Crippen molar-refractivity contribution >= 4 is 17.9 Å². The molecule has 0 rings (SSSR count). The molecular formula is C61H114O6. The van der Waals surface area contributed by atoms with E-state index >= 15 is 0 Å². The zero-order valence-corrected chi connectivity index (χ0v) is 45.2. The Morgan fingerprint density at radius 2 is 0.537 bits per heavy atom. The molecule has 0 amide bonds. The van der Waals surface area contributed by atoms with Gasteiger partial charge in [0.25, 0.3) is 0 Å². The van der Waals surface area contributed by atoms with E-state index in [9.17, 15) is 14.4 Å². The molecule has 67 heavy (non-hydrogen) atoms. The summed E-state index contributed by atoms with van der Waals surface area (Å²) in [6.45, 7) is 6.63. The number of allylic oxidation sites excluding steroid dienone is 4. The van der Waals surface area contributed by atoms with Crippen molar-refractivity contribution in [3.8, 4) is 0 Å². The van der Waals surface area contributed by atoms with Gasteiger partial charge in [-0.2, -0.15) is 0 Å². The monoisotopic (exact) mass is 943 g/mol. The lowest BCUT2D eigenvalue weighted by Crippen LogP contribution is -2.30. The highest BCUT2D eigenvalue weighted by atomic mass is 16.6. The molecule has 0 aliphatic carbocycles. The molecule has 0 N–H and O–H groups in total. The minimum absolute atomic E-state index is 0.0695. The molecule has 0 saturated carbocycles. The maximum atomic E-state index is 12.8. The zero-order chi connectivity index (χ0) is 48.6. The van der Waals surface area contributed by atoms with E-state index in [-0.39, 0.29) is 31.1 Å². The van der Waals surface area contributed by atoms with Crippen LogP contribution in [0.15, 0.2) is 24.3 Å². The first-order valence-electron chi connectivity index (χ1n) is 29.8. The average Bonchev–Trinajstić information content (AvgIpc) is 3.33. The van der Waals surface area contributed by atoms with Gasteiger partial charge in [0.15, 0.2) is 6.10 Å². The summed E-state index contributed by atoms with van der Waals surface area (Å²) in [6, 6.07) is 0. The van der Waals surface area contributed by atoms with E-state index in [4.69, 9.17) is 14.2 Å². The molecule has 0 spiro atoms. The number of hydrogen-bond donors (Lipinski definition) is 0. The first-order valence-corrected chi connectivity index (χ1v) is 29.8. The van der Waals surface area contributed by atoms with Gasteiger partial charge in [0.1, 0.15) is 13.2 Å². The lowest BCUT2D eigenvalue weighted by Gasteiger charge is -2.18. The molecule has 0 bridgehead atoms. The molecule has 6 heteroatoms. The van der Waals surface area contributed by atoms with Crippen LogP contribution in [-0.4, -0.2) is 37.2 Å². The number of ether oxygens (including phenoxy) is 3. The van der Waals surface area contributed by atoms with Crippen molar-refractivity contribution in [1.29, 1.82) is 0 Å². The van der Waals surface area contributed by atoms with Crippen molar-refractivity contribution < 1.29 is 28.6 Å². The van der Waals surface area contributed by atoms with E-state index in [2.05, 4.69) is 45.1 Å². The third-order valence-corrected chi connectivity index (χ3v) is 13.5. The molecule has 1 atom stereocenters. The van der Waals surface area contributed by atoms with Gasteiger partial charge >= 0.3 is 17.9 Å². The predicted octanol–water partition coefficient (Wildman–Crippen LogP) is 19.9. The summed E-state index contributed by atoms with van der Waals surface area (Å²) in [5, 5.41) is 0. The van der Waals surface area contributed by atoms with Crippen LogP contribution in [0, 0.1) is 0 Å². The molecule has 394 valence electrons. The van der Waals surface area contributed by atoms with Crippen LogP contribution in [0.25, 0.3) is 0 Å². The molecule has 0 aromatic heterocycles. The average molecular weight is 944 g/mol. The maximum absolute atomic E-state index is 12.8. The van der Waals surface area contributed by atoms with Crippen LogP contribution in [0.2, 0.25) is 0 Å². The van der Waals surface area contributed by atoms with Crippen molar-refractivity contribution in [2.75, 3.05) is 13.2 Å². The van der Waals surface area contributed by atoms with Gasteiger partial charge in [-0.25, -0.2) is 0 Å². The van der Waals surface area contributed by atoms with Crippen molar-refractivity contribution in [1.82, 2.24) is 0 Å². The van der Waals surface area contributed by atoms with Gasteiger partial charge in [-0.1, -0.05) is 283 Å². The Hall–Kier alpha value is -2.11. The summed E-state index contributed by atoms with van der Waals surface area (Å²) in [6.07, 6.45) is 66.2. The van der Waals surface area contributed by atoms with E-state index < -0.39 is 6.10 Å². The van der Waals surface area contributed by atoms with Crippen molar-refractivity contribution in [2.24, 2.45) is 0 Å². The third-order valence-electron chi connectivity index (χ3n) is 13.5. The maximum Gasteiger partial charge on any atom is 0.306 e. The van der Waals surface area contributed by atoms with Crippen LogP contribution < -0.4 is 0 Å². The second-order valence-corrected chi connectivity index (χ2v) is 20.3. The fraction of sp³-hybridized carbons (Fsp3) is 0.885. The van der Waals surface area contributed by atoms with E-state index in [0.29, 0.717) is 19.3 Å². The van der Waals surface area contributed by atoms with Crippen LogP contribution in [0.4, 0.5) is 0 Å². The Bertz CT molecular complexity index is 1080. The number of esters is 3. The van der Waals surface area contributed by atoms with Gasteiger partial charge in [-0.05, 0) is 51.4 Å². The number of carbonyl (C=O) groups excluding carboxylic acids is 3. The summed E-state index contributed by atoms with van der Waals surface area (Å²) in [4.78, 5) is 38.0. The molecule has 0 aliphatic heterocycles. The SMILES string of the molecule is CCCCC/C=C\C/C=C\CCCCCCCCCC(=O)OC(COC(=O)CCCCCCCCCC)COC(=O)CCCCCCCCCCCCCCCCCCCCCCCCCC. The van der Waals surface area contributed by atoms with Crippen LogP contribution in [0.1, 0.15) is 329 Å². The summed E-state index contributed by atoms with van der Waals surface area (Å²) in [7, 11) is 0. The predicted molar refractivity (Wildman–Crippen MR) is 289 cm³/mol. The van der Waals surface area contributed by atoms with Gasteiger partial charge in [-0.15, -0.1) is 0 Å². The van der Waals surface area contributed by atoms with Crippen molar-refractivity contribution in [2.45, 2.75) is 335 Å². The lowest BCUT2D eigenvalue weighted by molar-refractivity contribution is -0.167. The molecule has 0 heterocycles. The van der Waals surface area contributed by atoms with Crippen molar-refractivity contribution in [3.63, 3.8) is 0 Å². The normalized spacial score (nSPS) is 12.1. The number of rotatable bonds is 55. The lowest BCUT2D eigenvalue weighted by atomic mass is 10.0. The first-order chi connectivity index (χ1) is 33.0. The van der Waals surface area contributed by atoms with Crippen LogP contribution in [0.3, 0.4) is 0 Å². The van der Waals surface area contributed by atoms with E-state index in [0.717, 1.165) is 70.6 Å². The Morgan fingerprint density at radius 1 is 0.299 bits per heavy atom. The van der Waals surface area contributed by atoms with Gasteiger partial charge < -0.3 is 14.2 Å². The number of unbranched alkanes of at least 4 members (excludes halogenated alkanes) is 40. The summed E-state index contributed by atoms with van der Waals surface area (Å²) in [5.41, 5.74) is 0. The number of hydrogen-bond acceptors (Lipinski definition) is 6. The Kier molecular flexibility index (Phi) is 54.7. The standard InChI is InChI=1S/C61H114O6/c1-4-7-10-13-16-19-21-23-25-27-28-29-30-31-32-33-35-36-38-40-42-45-48-51-54-60(63)66-57-58(56-65-59(62)53-50-47-44-18-15-12-9-6-3)67-61(64)55-52-49-46-43-41-39-37-34-26-24-22-20-17-14-11-8-5-2/h17,20,24,26,58H,4-16,18-19,21-23,25,27-57H2,1-3H3/b20-17-,26-24-. The molecule has 0 fully saturated rings. The fourth-order valence-corrected chi connectivity index (χ4v) is 8.95. The summed E-state index contributed by atoms with van der Waals surface area (Å²) < 4.78 is 16.8. The molecule has 6 nitrogen and oxygen atoms in total. The Labute approximate surface area is 417 Å². The molecular weight excluding hydrogens is 829 g/mol. The molecule has 0 aromatic rings. The van der Waals surface area contributed by atoms with E-state index in [1.807, 2.05) is 0 Å². The highest BCUT2D eigenvalue weighted by Gasteiger charge is 2.19. The van der Waals surface area contributed by atoms with Gasteiger partial charge in [0.2, 0.25) is 0 Å². The highest BCUT2D eigenvalue weighted by molar-refractivity contribution is 5.71. The fourth-order valence-electron chi connectivity index (χ4n) is 8.95. The minimum atomic E-state index is -0.769.